The molecule has 0 radical (unpaired) electrons. The van der Waals surface area contributed by atoms with Gasteiger partial charge in [0.2, 0.25) is 0 Å². The number of ether oxygens (including phenoxy) is 1. The summed E-state index contributed by atoms with van der Waals surface area (Å²) < 4.78 is 4.91. The first kappa shape index (κ1) is 12.8. The number of carbonyl (C=O) groups is 1. The van der Waals surface area contributed by atoms with Crippen LogP contribution in [0.2, 0.25) is 0 Å². The summed E-state index contributed by atoms with van der Waals surface area (Å²) in [5, 5.41) is 9.53. The highest BCUT2D eigenvalue weighted by Gasteiger charge is 2.09. The second-order valence-electron chi connectivity index (χ2n) is 3.11. The van der Waals surface area contributed by atoms with Crippen LogP contribution in [-0.4, -0.2) is 35.5 Å². The first-order valence-corrected chi connectivity index (χ1v) is 5.74. The van der Waals surface area contributed by atoms with Gasteiger partial charge in [0.1, 0.15) is 0 Å². The molecule has 0 fully saturated rings. The van der Waals surface area contributed by atoms with Crippen molar-refractivity contribution in [2.45, 2.75) is 11.4 Å². The van der Waals surface area contributed by atoms with Crippen LogP contribution in [0.1, 0.15) is 16.8 Å². The van der Waals surface area contributed by atoms with Gasteiger partial charge in [0, 0.05) is 19.5 Å². The molecule has 1 heterocycles. The van der Waals surface area contributed by atoms with Gasteiger partial charge in [-0.25, -0.2) is 9.78 Å². The van der Waals surface area contributed by atoms with E-state index >= 15 is 0 Å². The van der Waals surface area contributed by atoms with E-state index in [4.69, 9.17) is 15.6 Å². The first-order valence-electron chi connectivity index (χ1n) is 4.75. The average molecular weight is 242 g/mol. The van der Waals surface area contributed by atoms with Gasteiger partial charge in [-0.15, -0.1) is 11.8 Å². The zero-order chi connectivity index (χ0) is 12.0. The smallest absolute Gasteiger partial charge is 0.337 e. The van der Waals surface area contributed by atoms with Crippen LogP contribution >= 0.6 is 11.8 Å². The number of nitrogens with two attached hydrogens (primary N) is 1. The fourth-order valence-corrected chi connectivity index (χ4v) is 1.89. The van der Waals surface area contributed by atoms with Crippen LogP contribution in [0.15, 0.2) is 17.3 Å². The van der Waals surface area contributed by atoms with Crippen molar-refractivity contribution in [3.63, 3.8) is 0 Å². The molecule has 0 unspecified atom stereocenters. The molecule has 3 N–H and O–H groups in total. The minimum absolute atomic E-state index is 0.101. The van der Waals surface area contributed by atoms with Crippen molar-refractivity contribution in [1.29, 1.82) is 0 Å². The van der Waals surface area contributed by atoms with Crippen LogP contribution in [0.5, 0.6) is 0 Å². The Morgan fingerprint density at radius 1 is 1.69 bits per heavy atom. The molecule has 1 aromatic rings. The molecular formula is C10H14N2O3S. The Hall–Kier alpha value is -1.27. The number of nitrogens with zero attached hydrogens (tertiary/aromatic N) is 1. The van der Waals surface area contributed by atoms with Gasteiger partial charge in [0.15, 0.2) is 0 Å². The van der Waals surface area contributed by atoms with Crippen molar-refractivity contribution in [3.05, 3.63) is 17.8 Å². The Bertz CT molecular complexity index is 371. The highest BCUT2D eigenvalue weighted by Crippen LogP contribution is 2.20. The van der Waals surface area contributed by atoms with Gasteiger partial charge in [-0.3, -0.25) is 0 Å². The van der Waals surface area contributed by atoms with E-state index in [0.29, 0.717) is 11.6 Å². The maximum Gasteiger partial charge on any atom is 0.337 e. The Balaban J connectivity index is 2.61. The summed E-state index contributed by atoms with van der Waals surface area (Å²) in [6, 6.07) is 1.50. The van der Waals surface area contributed by atoms with Crippen LogP contribution in [-0.2, 0) is 4.74 Å². The van der Waals surface area contributed by atoms with Crippen molar-refractivity contribution >= 4 is 23.4 Å². The molecule has 0 aliphatic carbocycles. The number of thioether (sulfide) groups is 1. The molecule has 1 aromatic heterocycles. The summed E-state index contributed by atoms with van der Waals surface area (Å²) in [4.78, 5) is 14.9. The lowest BCUT2D eigenvalue weighted by molar-refractivity contribution is 0.0697. The Morgan fingerprint density at radius 2 is 2.44 bits per heavy atom. The lowest BCUT2D eigenvalue weighted by Crippen LogP contribution is -2.03. The third-order valence-electron chi connectivity index (χ3n) is 1.88. The fourth-order valence-electron chi connectivity index (χ4n) is 1.09. The topological polar surface area (TPSA) is 85.4 Å². The van der Waals surface area contributed by atoms with Crippen LogP contribution in [0.25, 0.3) is 0 Å². The summed E-state index contributed by atoms with van der Waals surface area (Å²) in [6.07, 6.45) is 2.28. The van der Waals surface area contributed by atoms with E-state index in [9.17, 15) is 4.79 Å². The number of carboxylic acids is 1. The molecule has 0 amide bonds. The minimum atomic E-state index is -1.03. The third kappa shape index (κ3) is 3.71. The van der Waals surface area contributed by atoms with Gasteiger partial charge in [-0.05, 0) is 12.5 Å². The number of hydrogen-bond donors (Lipinski definition) is 2. The normalized spacial score (nSPS) is 10.3. The first-order chi connectivity index (χ1) is 7.65. The summed E-state index contributed by atoms with van der Waals surface area (Å²) in [6.45, 7) is 0.688. The molecule has 0 atom stereocenters. The van der Waals surface area contributed by atoms with E-state index in [1.165, 1.54) is 24.0 Å². The quantitative estimate of drug-likeness (QED) is 0.580. The van der Waals surface area contributed by atoms with Gasteiger partial charge in [0.25, 0.3) is 0 Å². The lowest BCUT2D eigenvalue weighted by atomic mass is 10.2. The Morgan fingerprint density at radius 3 is 3.06 bits per heavy atom. The molecule has 0 spiro atoms. The minimum Gasteiger partial charge on any atom is -0.478 e. The molecule has 16 heavy (non-hydrogen) atoms. The standard InChI is InChI=1S/C10H14N2O3S/c1-15-3-2-4-16-9-5-7(10(13)14)8(11)6-12-9/h5-6H,2-4,11H2,1H3,(H,13,14). The molecule has 5 nitrogen and oxygen atoms in total. The maximum atomic E-state index is 10.8. The van der Waals surface area contributed by atoms with Crippen molar-refractivity contribution < 1.29 is 14.6 Å². The molecule has 1 rings (SSSR count). The van der Waals surface area contributed by atoms with Gasteiger partial charge in [-0.1, -0.05) is 0 Å². The summed E-state index contributed by atoms with van der Waals surface area (Å²) >= 11 is 1.49. The molecule has 0 aliphatic heterocycles. The average Bonchev–Trinajstić information content (AvgIpc) is 2.26. The number of anilines is 1. The van der Waals surface area contributed by atoms with Crippen LogP contribution < -0.4 is 5.73 Å². The largest absolute Gasteiger partial charge is 0.478 e. The predicted octanol–water partition coefficient (Wildman–Crippen LogP) is 1.49. The van der Waals surface area contributed by atoms with E-state index in [0.717, 1.165) is 12.2 Å². The summed E-state index contributed by atoms with van der Waals surface area (Å²) in [5.41, 5.74) is 5.78. The molecule has 0 aliphatic rings. The number of methoxy groups -OCH3 is 1. The van der Waals surface area contributed by atoms with Crippen molar-refractivity contribution in [3.8, 4) is 0 Å². The SMILES string of the molecule is COCCCSc1cc(C(=O)O)c(N)cn1. The highest BCUT2D eigenvalue weighted by atomic mass is 32.2. The van der Waals surface area contributed by atoms with Crippen LogP contribution in [0.3, 0.4) is 0 Å². The predicted molar refractivity (Wildman–Crippen MR) is 62.8 cm³/mol. The van der Waals surface area contributed by atoms with Crippen molar-refractivity contribution in [2.24, 2.45) is 0 Å². The van der Waals surface area contributed by atoms with E-state index in [-0.39, 0.29) is 11.3 Å². The van der Waals surface area contributed by atoms with Gasteiger partial charge < -0.3 is 15.6 Å². The summed E-state index contributed by atoms with van der Waals surface area (Å²) in [5.74, 6) is -0.192. The van der Waals surface area contributed by atoms with Crippen LogP contribution in [0.4, 0.5) is 5.69 Å². The maximum absolute atomic E-state index is 10.8. The molecular weight excluding hydrogens is 228 g/mol. The number of rotatable bonds is 6. The molecule has 0 saturated heterocycles. The molecule has 88 valence electrons. The molecule has 0 saturated carbocycles. The third-order valence-corrected chi connectivity index (χ3v) is 2.89. The van der Waals surface area contributed by atoms with E-state index in [2.05, 4.69) is 4.98 Å². The number of pyridine rings is 1. The summed E-state index contributed by atoms with van der Waals surface area (Å²) in [7, 11) is 1.65. The molecule has 0 aromatic carbocycles. The fraction of sp³-hybridized carbons (Fsp3) is 0.400. The Kier molecular flexibility index (Phi) is 5.07. The molecule has 0 bridgehead atoms. The van der Waals surface area contributed by atoms with E-state index in [1.54, 1.807) is 7.11 Å². The number of hydrogen-bond acceptors (Lipinski definition) is 5. The van der Waals surface area contributed by atoms with Gasteiger partial charge in [-0.2, -0.15) is 0 Å². The Labute approximate surface area is 98.0 Å². The highest BCUT2D eigenvalue weighted by molar-refractivity contribution is 7.99. The number of nitrogen functional groups attached to an aromatic ring is 1. The number of aromatic carboxylic acids is 1. The van der Waals surface area contributed by atoms with Gasteiger partial charge in [0.05, 0.1) is 22.5 Å². The van der Waals surface area contributed by atoms with E-state index in [1.807, 2.05) is 0 Å². The zero-order valence-electron chi connectivity index (χ0n) is 8.97. The lowest BCUT2D eigenvalue weighted by Gasteiger charge is -2.04. The second kappa shape index (κ2) is 6.34. The van der Waals surface area contributed by atoms with Gasteiger partial charge >= 0.3 is 5.97 Å². The van der Waals surface area contributed by atoms with Crippen LogP contribution in [0, 0.1) is 0 Å². The van der Waals surface area contributed by atoms with Crippen molar-refractivity contribution in [2.75, 3.05) is 25.2 Å². The van der Waals surface area contributed by atoms with Crippen molar-refractivity contribution in [1.82, 2.24) is 4.98 Å². The monoisotopic (exact) mass is 242 g/mol. The molecule has 6 heteroatoms. The number of aromatic nitrogens is 1. The van der Waals surface area contributed by atoms with E-state index < -0.39 is 5.97 Å². The zero-order valence-corrected chi connectivity index (χ0v) is 9.79. The second-order valence-corrected chi connectivity index (χ2v) is 4.22. The number of carboxylic acid groups (broad SMARTS) is 1.